The van der Waals surface area contributed by atoms with Crippen LogP contribution in [0.15, 0.2) is 11.6 Å². The molecule has 182 valence electrons. The van der Waals surface area contributed by atoms with Crippen molar-refractivity contribution < 1.29 is 9.53 Å². The molecule has 0 spiro atoms. The molecule has 0 heterocycles. The number of carbonyl (C=O) groups excluding carboxylic acids is 1. The Labute approximate surface area is 198 Å². The van der Waals surface area contributed by atoms with Gasteiger partial charge >= 0.3 is 5.97 Å². The molecule has 0 aromatic heterocycles. The molecule has 0 amide bonds. The van der Waals surface area contributed by atoms with Gasteiger partial charge in [0.15, 0.2) is 0 Å². The molecule has 3 saturated carbocycles. The summed E-state index contributed by atoms with van der Waals surface area (Å²) >= 11 is 0. The summed E-state index contributed by atoms with van der Waals surface area (Å²) in [6.45, 7) is 14.1. The molecule has 0 aliphatic heterocycles. The number of hydrogen-bond acceptors (Lipinski definition) is 2. The average Bonchev–Trinajstić information content (AvgIpc) is 3.08. The predicted octanol–water partition coefficient (Wildman–Crippen LogP) is 8.35. The maximum atomic E-state index is 11.5. The van der Waals surface area contributed by atoms with Gasteiger partial charge < -0.3 is 4.74 Å². The molecule has 4 aliphatic carbocycles. The van der Waals surface area contributed by atoms with Crippen molar-refractivity contribution in [2.24, 2.45) is 46.3 Å². The quantitative estimate of drug-likeness (QED) is 0.225. The van der Waals surface area contributed by atoms with E-state index < -0.39 is 0 Å². The van der Waals surface area contributed by atoms with E-state index >= 15 is 0 Å². The van der Waals surface area contributed by atoms with Gasteiger partial charge in [-0.2, -0.15) is 0 Å². The van der Waals surface area contributed by atoms with Crippen molar-refractivity contribution in [3.05, 3.63) is 11.6 Å². The summed E-state index contributed by atoms with van der Waals surface area (Å²) in [6, 6.07) is 0. The molecule has 0 aromatic carbocycles. The Kier molecular flexibility index (Phi) is 7.19. The fourth-order valence-electron chi connectivity index (χ4n) is 9.16. The highest BCUT2D eigenvalue weighted by molar-refractivity contribution is 5.66. The Bertz CT molecular complexity index is 708. The van der Waals surface area contributed by atoms with E-state index in [0.29, 0.717) is 10.8 Å². The lowest BCUT2D eigenvalue weighted by atomic mass is 9.47. The number of esters is 1. The van der Waals surface area contributed by atoms with Gasteiger partial charge in [0, 0.05) is 13.3 Å². The second-order valence-electron chi connectivity index (χ2n) is 13.1. The summed E-state index contributed by atoms with van der Waals surface area (Å²) in [4.78, 5) is 11.5. The van der Waals surface area contributed by atoms with Crippen molar-refractivity contribution >= 4 is 5.97 Å². The molecule has 8 atom stereocenters. The van der Waals surface area contributed by atoms with E-state index in [-0.39, 0.29) is 12.1 Å². The number of fused-ring (bicyclic) bond motifs is 5. The monoisotopic (exact) mass is 442 g/mol. The molecule has 3 fully saturated rings. The Balaban J connectivity index is 1.43. The van der Waals surface area contributed by atoms with E-state index in [9.17, 15) is 4.79 Å². The first-order valence-corrected chi connectivity index (χ1v) is 14.0. The highest BCUT2D eigenvalue weighted by atomic mass is 16.5. The fraction of sp³-hybridized carbons (Fsp3) is 0.900. The van der Waals surface area contributed by atoms with E-state index in [2.05, 4.69) is 40.7 Å². The van der Waals surface area contributed by atoms with Gasteiger partial charge in [-0.25, -0.2) is 0 Å². The first-order chi connectivity index (χ1) is 15.1. The van der Waals surface area contributed by atoms with Crippen LogP contribution in [-0.4, -0.2) is 12.1 Å². The lowest BCUT2D eigenvalue weighted by molar-refractivity contribution is -0.148. The first kappa shape index (κ1) is 24.3. The van der Waals surface area contributed by atoms with Crippen molar-refractivity contribution in [2.45, 2.75) is 125 Å². The van der Waals surface area contributed by atoms with Gasteiger partial charge in [-0.3, -0.25) is 4.79 Å². The Morgan fingerprint density at radius 1 is 1.03 bits per heavy atom. The number of allylic oxidation sites excluding steroid dienone is 1. The van der Waals surface area contributed by atoms with Gasteiger partial charge in [-0.05, 0) is 91.3 Å². The summed E-state index contributed by atoms with van der Waals surface area (Å²) in [7, 11) is 0. The van der Waals surface area contributed by atoms with Crippen LogP contribution in [0.5, 0.6) is 0 Å². The second kappa shape index (κ2) is 9.46. The van der Waals surface area contributed by atoms with Gasteiger partial charge in [-0.1, -0.05) is 72.0 Å². The molecule has 0 radical (unpaired) electrons. The SMILES string of the molecule is CC(=O)O[C@H]1CC[C@@]2(C)C(=CC[C@@H]3C2CC[C@]2(C)[C@@H]([C@H](C)CCCCC(C)C)CC[C@@H]32)C1. The molecule has 4 rings (SSSR count). The smallest absolute Gasteiger partial charge is 0.302 e. The molecule has 4 aliphatic rings. The fourth-order valence-corrected chi connectivity index (χ4v) is 9.16. The zero-order chi connectivity index (χ0) is 23.1. The molecular weight excluding hydrogens is 392 g/mol. The van der Waals surface area contributed by atoms with Crippen LogP contribution in [0.2, 0.25) is 0 Å². The number of ether oxygens (including phenoxy) is 1. The lowest BCUT2D eigenvalue weighted by Gasteiger charge is -2.58. The average molecular weight is 443 g/mol. The molecule has 0 saturated heterocycles. The number of hydrogen-bond donors (Lipinski definition) is 0. The minimum Gasteiger partial charge on any atom is -0.462 e. The van der Waals surface area contributed by atoms with E-state index in [1.54, 1.807) is 12.5 Å². The van der Waals surface area contributed by atoms with E-state index in [1.807, 2.05) is 0 Å². The first-order valence-electron chi connectivity index (χ1n) is 14.0. The van der Waals surface area contributed by atoms with Crippen LogP contribution in [-0.2, 0) is 9.53 Å². The topological polar surface area (TPSA) is 26.3 Å². The van der Waals surface area contributed by atoms with Crippen molar-refractivity contribution in [1.29, 1.82) is 0 Å². The molecule has 2 nitrogen and oxygen atoms in total. The van der Waals surface area contributed by atoms with Gasteiger partial charge in [0.05, 0.1) is 0 Å². The van der Waals surface area contributed by atoms with E-state index in [4.69, 9.17) is 4.74 Å². The summed E-state index contributed by atoms with van der Waals surface area (Å²) in [6.07, 6.45) is 18.7. The third-order valence-corrected chi connectivity index (χ3v) is 10.8. The predicted molar refractivity (Wildman–Crippen MR) is 133 cm³/mol. The van der Waals surface area contributed by atoms with Gasteiger partial charge in [0.1, 0.15) is 6.10 Å². The van der Waals surface area contributed by atoms with Gasteiger partial charge in [0.25, 0.3) is 0 Å². The Morgan fingerprint density at radius 2 is 1.78 bits per heavy atom. The minimum atomic E-state index is -0.114. The lowest BCUT2D eigenvalue weighted by Crippen LogP contribution is -2.51. The van der Waals surface area contributed by atoms with Crippen LogP contribution < -0.4 is 0 Å². The largest absolute Gasteiger partial charge is 0.462 e. The maximum absolute atomic E-state index is 11.5. The zero-order valence-corrected chi connectivity index (χ0v) is 21.9. The molecule has 2 heteroatoms. The van der Waals surface area contributed by atoms with Crippen LogP contribution in [0.25, 0.3) is 0 Å². The number of carbonyl (C=O) groups is 1. The van der Waals surface area contributed by atoms with Crippen molar-refractivity contribution in [2.75, 3.05) is 0 Å². The molecule has 0 N–H and O–H groups in total. The van der Waals surface area contributed by atoms with Gasteiger partial charge in [-0.15, -0.1) is 0 Å². The third-order valence-electron chi connectivity index (χ3n) is 10.8. The minimum absolute atomic E-state index is 0.114. The van der Waals surface area contributed by atoms with Crippen LogP contribution in [0.3, 0.4) is 0 Å². The molecule has 0 bridgehead atoms. The van der Waals surface area contributed by atoms with Gasteiger partial charge in [0.2, 0.25) is 0 Å². The summed E-state index contributed by atoms with van der Waals surface area (Å²) in [5, 5.41) is 0. The highest BCUT2D eigenvalue weighted by Gasteiger charge is 2.59. The van der Waals surface area contributed by atoms with Crippen LogP contribution in [0.4, 0.5) is 0 Å². The van der Waals surface area contributed by atoms with Crippen LogP contribution in [0.1, 0.15) is 119 Å². The van der Waals surface area contributed by atoms with Crippen LogP contribution in [0, 0.1) is 46.3 Å². The molecule has 1 unspecified atom stereocenters. The molecule has 32 heavy (non-hydrogen) atoms. The zero-order valence-electron chi connectivity index (χ0n) is 21.9. The normalized spacial score (nSPS) is 42.0. The number of rotatable bonds is 7. The summed E-state index contributed by atoms with van der Waals surface area (Å²) in [5.41, 5.74) is 2.53. The van der Waals surface area contributed by atoms with Crippen molar-refractivity contribution in [1.82, 2.24) is 0 Å². The highest BCUT2D eigenvalue weighted by Crippen LogP contribution is 2.67. The summed E-state index contributed by atoms with van der Waals surface area (Å²) in [5.74, 6) is 5.21. The molecule has 0 aromatic rings. The van der Waals surface area contributed by atoms with Crippen molar-refractivity contribution in [3.63, 3.8) is 0 Å². The van der Waals surface area contributed by atoms with E-state index in [1.165, 1.54) is 64.2 Å². The number of unbranched alkanes of at least 4 members (excludes halogenated alkanes) is 1. The van der Waals surface area contributed by atoms with Crippen LogP contribution >= 0.6 is 0 Å². The second-order valence-corrected chi connectivity index (χ2v) is 13.1. The Morgan fingerprint density at radius 3 is 2.50 bits per heavy atom. The Hall–Kier alpha value is -0.790. The van der Waals surface area contributed by atoms with Crippen molar-refractivity contribution in [3.8, 4) is 0 Å². The summed E-state index contributed by atoms with van der Waals surface area (Å²) < 4.78 is 5.62. The molecular formula is C30H50O2. The third kappa shape index (κ3) is 4.46. The standard InChI is InChI=1S/C30H50O2/c1-20(2)9-7-8-10-21(3)26-13-14-27-25-12-11-23-19-24(32-22(4)31)15-17-29(23,5)28(25)16-18-30(26,27)6/h11,20-21,24-28H,7-10,12-19H2,1-6H3/t21-,24+,25+,26-,27+,28?,29+,30-/m1/s1. The maximum Gasteiger partial charge on any atom is 0.302 e. The van der Waals surface area contributed by atoms with E-state index in [0.717, 1.165) is 48.3 Å².